The van der Waals surface area contributed by atoms with Crippen LogP contribution in [0.1, 0.15) is 49.4 Å². The van der Waals surface area contributed by atoms with Crippen molar-refractivity contribution in [2.24, 2.45) is 0 Å². The third-order valence-corrected chi connectivity index (χ3v) is 7.21. The van der Waals surface area contributed by atoms with E-state index in [9.17, 15) is 0 Å². The highest BCUT2D eigenvalue weighted by Gasteiger charge is 2.57. The number of hydrogen-bond acceptors (Lipinski definition) is 5. The molecule has 160 valence electrons. The number of likely N-dealkylation sites (N-methyl/N-ethyl adjacent to an activating group) is 1. The second-order valence-electron chi connectivity index (χ2n) is 9.43. The van der Waals surface area contributed by atoms with Crippen molar-refractivity contribution in [3.63, 3.8) is 0 Å². The Morgan fingerprint density at radius 2 is 2.03 bits per heavy atom. The second kappa shape index (κ2) is 7.56. The third-order valence-electron chi connectivity index (χ3n) is 7.21. The fourth-order valence-corrected chi connectivity index (χ4v) is 5.33. The van der Waals surface area contributed by atoms with Gasteiger partial charge in [0.05, 0.1) is 7.11 Å². The molecular formula is C25H33N3O2. The largest absolute Gasteiger partial charge is 0.496 e. The summed E-state index contributed by atoms with van der Waals surface area (Å²) in [6, 6.07) is 16.0. The van der Waals surface area contributed by atoms with Crippen LogP contribution >= 0.6 is 0 Å². The van der Waals surface area contributed by atoms with E-state index in [4.69, 9.17) is 9.47 Å². The van der Waals surface area contributed by atoms with Crippen LogP contribution in [0.5, 0.6) is 5.75 Å². The van der Waals surface area contributed by atoms with E-state index in [1.807, 2.05) is 0 Å². The molecule has 3 unspecified atom stereocenters. The first kappa shape index (κ1) is 19.9. The predicted octanol–water partition coefficient (Wildman–Crippen LogP) is 3.73. The molecule has 2 aromatic rings. The summed E-state index contributed by atoms with van der Waals surface area (Å²) in [6.45, 7) is 6.46. The van der Waals surface area contributed by atoms with Gasteiger partial charge in [0.1, 0.15) is 11.9 Å². The SMILES string of the molecule is COc1cc2c(cc1CNC1CCCN[C@H]1c1ccccc1)C(C)(C)C1OC1N2C. The van der Waals surface area contributed by atoms with Crippen LogP contribution in [0.25, 0.3) is 0 Å². The van der Waals surface area contributed by atoms with Gasteiger partial charge in [-0.3, -0.25) is 0 Å². The van der Waals surface area contributed by atoms with Crippen LogP contribution in [-0.4, -0.2) is 39.1 Å². The number of fused-ring (bicyclic) bond motifs is 2. The summed E-state index contributed by atoms with van der Waals surface area (Å²) in [7, 11) is 3.89. The van der Waals surface area contributed by atoms with Crippen molar-refractivity contribution in [3.05, 3.63) is 59.2 Å². The lowest BCUT2D eigenvalue weighted by molar-refractivity contribution is 0.302. The number of nitrogens with one attached hydrogen (secondary N) is 2. The fraction of sp³-hybridized carbons (Fsp3) is 0.520. The maximum absolute atomic E-state index is 5.98. The van der Waals surface area contributed by atoms with E-state index < -0.39 is 0 Å². The molecule has 2 aromatic carbocycles. The number of piperidine rings is 1. The minimum atomic E-state index is 0.00645. The molecule has 5 rings (SSSR count). The number of anilines is 1. The summed E-state index contributed by atoms with van der Waals surface area (Å²) in [5, 5.41) is 7.55. The van der Waals surface area contributed by atoms with Gasteiger partial charge < -0.3 is 25.0 Å². The molecule has 0 spiro atoms. The Bertz CT molecular complexity index is 914. The van der Waals surface area contributed by atoms with Crippen LogP contribution < -0.4 is 20.3 Å². The lowest BCUT2D eigenvalue weighted by Crippen LogP contribution is -2.45. The molecule has 0 aliphatic carbocycles. The van der Waals surface area contributed by atoms with E-state index in [0.717, 1.165) is 18.8 Å². The van der Waals surface area contributed by atoms with Crippen molar-refractivity contribution in [3.8, 4) is 5.75 Å². The Hall–Kier alpha value is -2.08. The smallest absolute Gasteiger partial charge is 0.158 e. The summed E-state index contributed by atoms with van der Waals surface area (Å²) in [5.41, 5.74) is 5.15. The number of rotatable bonds is 5. The molecule has 30 heavy (non-hydrogen) atoms. The topological polar surface area (TPSA) is 49.1 Å². The van der Waals surface area contributed by atoms with Gasteiger partial charge in [-0.1, -0.05) is 44.2 Å². The van der Waals surface area contributed by atoms with E-state index in [-0.39, 0.29) is 17.7 Å². The summed E-state index contributed by atoms with van der Waals surface area (Å²) >= 11 is 0. The number of benzene rings is 2. The summed E-state index contributed by atoms with van der Waals surface area (Å²) in [6.07, 6.45) is 2.84. The molecule has 2 N–H and O–H groups in total. The van der Waals surface area contributed by atoms with Crippen LogP contribution in [-0.2, 0) is 16.7 Å². The molecule has 0 radical (unpaired) electrons. The molecule has 4 atom stereocenters. The van der Waals surface area contributed by atoms with Gasteiger partial charge in [0.15, 0.2) is 6.23 Å². The van der Waals surface area contributed by atoms with Crippen LogP contribution in [0.4, 0.5) is 5.69 Å². The Kier molecular flexibility index (Phi) is 5.00. The van der Waals surface area contributed by atoms with Crippen LogP contribution in [0.3, 0.4) is 0 Å². The number of methoxy groups -OCH3 is 1. The molecule has 3 heterocycles. The highest BCUT2D eigenvalue weighted by Crippen LogP contribution is 2.52. The maximum Gasteiger partial charge on any atom is 0.158 e. The highest BCUT2D eigenvalue weighted by atomic mass is 16.6. The Balaban J connectivity index is 1.40. The van der Waals surface area contributed by atoms with Crippen molar-refractivity contribution in [1.82, 2.24) is 10.6 Å². The zero-order chi connectivity index (χ0) is 20.9. The van der Waals surface area contributed by atoms with Gasteiger partial charge in [-0.25, -0.2) is 0 Å². The minimum Gasteiger partial charge on any atom is -0.496 e. The van der Waals surface area contributed by atoms with Gasteiger partial charge >= 0.3 is 0 Å². The van der Waals surface area contributed by atoms with Crippen molar-refractivity contribution in [1.29, 1.82) is 0 Å². The molecule has 0 amide bonds. The zero-order valence-corrected chi connectivity index (χ0v) is 18.4. The van der Waals surface area contributed by atoms with Crippen molar-refractivity contribution in [2.75, 3.05) is 25.6 Å². The Morgan fingerprint density at radius 3 is 2.80 bits per heavy atom. The molecule has 0 aromatic heterocycles. The first-order valence-electron chi connectivity index (χ1n) is 11.1. The predicted molar refractivity (Wildman–Crippen MR) is 120 cm³/mol. The lowest BCUT2D eigenvalue weighted by atomic mass is 9.76. The minimum absolute atomic E-state index is 0.00645. The van der Waals surface area contributed by atoms with E-state index >= 15 is 0 Å². The number of ether oxygens (including phenoxy) is 2. The molecule has 2 saturated heterocycles. The maximum atomic E-state index is 5.98. The number of epoxide rings is 1. The normalized spacial score (nSPS) is 29.1. The van der Waals surface area contributed by atoms with Crippen LogP contribution in [0, 0.1) is 0 Å². The third kappa shape index (κ3) is 3.29. The molecule has 2 fully saturated rings. The molecular weight excluding hydrogens is 374 g/mol. The Labute approximate surface area is 179 Å². The van der Waals surface area contributed by atoms with E-state index in [2.05, 4.69) is 78.9 Å². The molecule has 0 bridgehead atoms. The number of nitrogens with zero attached hydrogens (tertiary/aromatic N) is 1. The quantitative estimate of drug-likeness (QED) is 0.740. The molecule has 3 aliphatic rings. The van der Waals surface area contributed by atoms with Gasteiger partial charge in [0, 0.05) is 48.4 Å². The molecule has 5 nitrogen and oxygen atoms in total. The summed E-state index contributed by atoms with van der Waals surface area (Å²) < 4.78 is 11.8. The Morgan fingerprint density at radius 1 is 1.23 bits per heavy atom. The van der Waals surface area contributed by atoms with Gasteiger partial charge in [-0.15, -0.1) is 0 Å². The standard InChI is InChI=1S/C25H33N3O2/c1-25(2)18-13-17(21(29-4)14-20(18)28(3)24-23(25)30-24)15-27-19-11-8-12-26-22(19)16-9-6-5-7-10-16/h5-7,9-10,13-14,19,22-24,26-27H,8,11-12,15H2,1-4H3/t19?,22-,23?,24?/m0/s1. The van der Waals surface area contributed by atoms with Gasteiger partial charge in [0.2, 0.25) is 0 Å². The van der Waals surface area contributed by atoms with Gasteiger partial charge in [0.25, 0.3) is 0 Å². The number of hydrogen-bond donors (Lipinski definition) is 2. The van der Waals surface area contributed by atoms with E-state index in [0.29, 0.717) is 12.1 Å². The van der Waals surface area contributed by atoms with Crippen LogP contribution in [0.15, 0.2) is 42.5 Å². The molecule has 0 saturated carbocycles. The lowest BCUT2D eigenvalue weighted by Gasteiger charge is -2.36. The van der Waals surface area contributed by atoms with Crippen molar-refractivity contribution in [2.45, 2.75) is 63.1 Å². The zero-order valence-electron chi connectivity index (χ0n) is 18.4. The highest BCUT2D eigenvalue weighted by molar-refractivity contribution is 5.66. The average molecular weight is 408 g/mol. The molecule has 5 heteroatoms. The first-order valence-corrected chi connectivity index (χ1v) is 11.1. The van der Waals surface area contributed by atoms with Crippen molar-refractivity contribution < 1.29 is 9.47 Å². The van der Waals surface area contributed by atoms with Gasteiger partial charge in [-0.05, 0) is 36.6 Å². The molecule has 3 aliphatic heterocycles. The van der Waals surface area contributed by atoms with Crippen molar-refractivity contribution >= 4 is 5.69 Å². The van der Waals surface area contributed by atoms with E-state index in [1.54, 1.807) is 7.11 Å². The van der Waals surface area contributed by atoms with Gasteiger partial charge in [-0.2, -0.15) is 0 Å². The first-order chi connectivity index (χ1) is 14.5. The summed E-state index contributed by atoms with van der Waals surface area (Å²) in [5.74, 6) is 0.947. The van der Waals surface area contributed by atoms with Crippen LogP contribution in [0.2, 0.25) is 0 Å². The second-order valence-corrected chi connectivity index (χ2v) is 9.43. The monoisotopic (exact) mass is 407 g/mol. The fourth-order valence-electron chi connectivity index (χ4n) is 5.33. The van der Waals surface area contributed by atoms with E-state index in [1.165, 1.54) is 35.2 Å². The summed E-state index contributed by atoms with van der Waals surface area (Å²) in [4.78, 5) is 2.25. The average Bonchev–Trinajstić information content (AvgIpc) is 3.59.